The van der Waals surface area contributed by atoms with E-state index < -0.39 is 17.6 Å². The fourth-order valence-corrected chi connectivity index (χ4v) is 4.80. The van der Waals surface area contributed by atoms with Gasteiger partial charge in [0.2, 0.25) is 0 Å². The Kier molecular flexibility index (Phi) is 8.18. The number of amides is 1. The molecule has 3 aromatic carbocycles. The number of aliphatic carboxylic acids is 1. The van der Waals surface area contributed by atoms with Gasteiger partial charge in [-0.15, -0.1) is 0 Å². The zero-order chi connectivity index (χ0) is 26.5. The highest BCUT2D eigenvalue weighted by Crippen LogP contribution is 2.43. The molecule has 0 bridgehead atoms. The van der Waals surface area contributed by atoms with Gasteiger partial charge in [-0.25, -0.2) is 8.78 Å². The maximum Gasteiger partial charge on any atom is 0.305 e. The molecular formula is C28H26ClF2N3O3. The second-order valence-electron chi connectivity index (χ2n) is 8.87. The Morgan fingerprint density at radius 3 is 2.38 bits per heavy atom. The molecule has 9 heteroatoms. The first-order valence-corrected chi connectivity index (χ1v) is 12.3. The van der Waals surface area contributed by atoms with Crippen molar-refractivity contribution in [1.82, 2.24) is 15.5 Å². The van der Waals surface area contributed by atoms with Gasteiger partial charge in [0.05, 0.1) is 12.1 Å². The number of benzene rings is 3. The predicted octanol–water partition coefficient (Wildman–Crippen LogP) is 6.41. The van der Waals surface area contributed by atoms with Crippen molar-refractivity contribution >= 4 is 34.4 Å². The predicted molar refractivity (Wildman–Crippen MR) is 138 cm³/mol. The summed E-state index contributed by atoms with van der Waals surface area (Å²) in [5.74, 6) is -3.23. The van der Waals surface area contributed by atoms with Crippen LogP contribution in [-0.4, -0.2) is 33.7 Å². The van der Waals surface area contributed by atoms with Crippen molar-refractivity contribution in [3.05, 3.63) is 99.7 Å². The molecule has 192 valence electrons. The minimum atomic E-state index is -0.989. The van der Waals surface area contributed by atoms with Crippen LogP contribution in [0.1, 0.15) is 65.2 Å². The standard InChI is InChI=1S/C28H26ClF2N3O3/c1-2-3-21(16-4-6-18(7-5-16)28(37)32-13-12-24(35)36)25(17-8-10-19(29)11-9-17)27-22-14-20(30)15-23(31)26(22)33-34-27/h4-11,14-15,21,25H,2-3,12-13H2,1H3,(H,32,37)(H,33,34)(H,35,36). The van der Waals surface area contributed by atoms with Crippen LogP contribution in [-0.2, 0) is 4.79 Å². The van der Waals surface area contributed by atoms with E-state index in [1.165, 1.54) is 6.07 Å². The summed E-state index contributed by atoms with van der Waals surface area (Å²) in [6.07, 6.45) is 1.42. The molecule has 4 rings (SSSR count). The average molecular weight is 526 g/mol. The van der Waals surface area contributed by atoms with Crippen molar-refractivity contribution in [3.8, 4) is 0 Å². The van der Waals surface area contributed by atoms with Crippen LogP contribution < -0.4 is 5.32 Å². The number of fused-ring (bicyclic) bond motifs is 1. The van der Waals surface area contributed by atoms with Crippen molar-refractivity contribution in [2.75, 3.05) is 6.54 Å². The van der Waals surface area contributed by atoms with E-state index in [0.29, 0.717) is 21.7 Å². The molecule has 4 aromatic rings. The zero-order valence-electron chi connectivity index (χ0n) is 20.1. The molecule has 1 aromatic heterocycles. The normalized spacial score (nSPS) is 12.9. The minimum Gasteiger partial charge on any atom is -0.481 e. The number of carboxylic acid groups (broad SMARTS) is 1. The maximum atomic E-state index is 14.5. The second kappa shape index (κ2) is 11.5. The van der Waals surface area contributed by atoms with E-state index in [9.17, 15) is 18.4 Å². The molecule has 0 saturated carbocycles. The van der Waals surface area contributed by atoms with Crippen molar-refractivity contribution in [2.45, 2.75) is 38.0 Å². The zero-order valence-corrected chi connectivity index (χ0v) is 20.9. The van der Waals surface area contributed by atoms with Crippen molar-refractivity contribution < 1.29 is 23.5 Å². The van der Waals surface area contributed by atoms with Crippen LogP contribution in [0.5, 0.6) is 0 Å². The number of carbonyl (C=O) groups excluding carboxylic acids is 1. The molecule has 37 heavy (non-hydrogen) atoms. The largest absolute Gasteiger partial charge is 0.481 e. The van der Waals surface area contributed by atoms with Gasteiger partial charge in [-0.2, -0.15) is 5.10 Å². The van der Waals surface area contributed by atoms with Gasteiger partial charge in [-0.1, -0.05) is 49.2 Å². The highest BCUT2D eigenvalue weighted by Gasteiger charge is 2.30. The first-order valence-electron chi connectivity index (χ1n) is 12.0. The summed E-state index contributed by atoms with van der Waals surface area (Å²) in [5.41, 5.74) is 2.89. The smallest absolute Gasteiger partial charge is 0.305 e. The number of nitrogens with zero attached hydrogens (tertiary/aromatic N) is 1. The number of halogens is 3. The number of nitrogens with one attached hydrogen (secondary N) is 2. The minimum absolute atomic E-state index is 0.0348. The third-order valence-corrected chi connectivity index (χ3v) is 6.63. The molecular weight excluding hydrogens is 500 g/mol. The number of carbonyl (C=O) groups is 2. The maximum absolute atomic E-state index is 14.5. The number of aromatic amines is 1. The molecule has 6 nitrogen and oxygen atoms in total. The fraction of sp³-hybridized carbons (Fsp3) is 0.250. The summed E-state index contributed by atoms with van der Waals surface area (Å²) in [5, 5.41) is 19.4. The van der Waals surface area contributed by atoms with Crippen molar-refractivity contribution in [3.63, 3.8) is 0 Å². The number of hydrogen-bond donors (Lipinski definition) is 3. The monoisotopic (exact) mass is 525 g/mol. The van der Waals surface area contributed by atoms with Gasteiger partial charge in [0.15, 0.2) is 5.82 Å². The third kappa shape index (κ3) is 5.97. The molecule has 1 amide bonds. The topological polar surface area (TPSA) is 95.1 Å². The highest BCUT2D eigenvalue weighted by atomic mass is 35.5. The number of rotatable bonds is 10. The van der Waals surface area contributed by atoms with Crippen LogP contribution >= 0.6 is 11.6 Å². The number of carboxylic acids is 1. The summed E-state index contributed by atoms with van der Waals surface area (Å²) < 4.78 is 28.7. The molecule has 0 aliphatic rings. The molecule has 3 N–H and O–H groups in total. The molecule has 1 heterocycles. The summed E-state index contributed by atoms with van der Waals surface area (Å²) >= 11 is 6.15. The van der Waals surface area contributed by atoms with Gasteiger partial charge in [0.1, 0.15) is 11.3 Å². The lowest BCUT2D eigenvalue weighted by Gasteiger charge is -2.28. The Hall–Kier alpha value is -3.78. The molecule has 0 fully saturated rings. The first kappa shape index (κ1) is 26.3. The average Bonchev–Trinajstić information content (AvgIpc) is 3.28. The Bertz CT molecular complexity index is 1400. The van der Waals surface area contributed by atoms with E-state index in [2.05, 4.69) is 22.4 Å². The molecule has 0 spiro atoms. The summed E-state index contributed by atoms with van der Waals surface area (Å²) in [6.45, 7) is 2.09. The summed E-state index contributed by atoms with van der Waals surface area (Å²) in [6, 6.07) is 16.5. The van der Waals surface area contributed by atoms with Crippen LogP contribution in [0.25, 0.3) is 10.9 Å². The van der Waals surface area contributed by atoms with Crippen LogP contribution in [0, 0.1) is 11.6 Å². The quantitative estimate of drug-likeness (QED) is 0.223. The van der Waals surface area contributed by atoms with Crippen molar-refractivity contribution in [1.29, 1.82) is 0 Å². The van der Waals surface area contributed by atoms with E-state index in [4.69, 9.17) is 16.7 Å². The molecule has 0 saturated heterocycles. The Morgan fingerprint density at radius 1 is 1.05 bits per heavy atom. The third-order valence-electron chi connectivity index (χ3n) is 6.37. The fourth-order valence-electron chi connectivity index (χ4n) is 4.67. The lowest BCUT2D eigenvalue weighted by atomic mass is 9.76. The van der Waals surface area contributed by atoms with Gasteiger partial charge in [-0.05, 0) is 53.8 Å². The molecule has 0 aliphatic carbocycles. The van der Waals surface area contributed by atoms with E-state index in [0.717, 1.165) is 30.0 Å². The van der Waals surface area contributed by atoms with Crippen molar-refractivity contribution in [2.24, 2.45) is 0 Å². The van der Waals surface area contributed by atoms with E-state index in [-0.39, 0.29) is 36.2 Å². The van der Waals surface area contributed by atoms with Gasteiger partial charge < -0.3 is 10.4 Å². The SMILES string of the molecule is CCCC(c1ccc(C(=O)NCCC(=O)O)cc1)C(c1ccc(Cl)cc1)c1[nH]nc2c(F)cc(F)cc12. The Balaban J connectivity index is 1.76. The Morgan fingerprint density at radius 2 is 1.73 bits per heavy atom. The number of aromatic nitrogens is 2. The lowest BCUT2D eigenvalue weighted by molar-refractivity contribution is -0.136. The molecule has 0 radical (unpaired) electrons. The molecule has 2 atom stereocenters. The first-order chi connectivity index (χ1) is 17.8. The lowest BCUT2D eigenvalue weighted by Crippen LogP contribution is -2.26. The van der Waals surface area contributed by atoms with Crippen LogP contribution in [0.15, 0.2) is 60.7 Å². The van der Waals surface area contributed by atoms with Crippen LogP contribution in [0.3, 0.4) is 0 Å². The number of hydrogen-bond acceptors (Lipinski definition) is 3. The highest BCUT2D eigenvalue weighted by molar-refractivity contribution is 6.30. The van der Waals surface area contributed by atoms with Gasteiger partial charge in [0, 0.05) is 34.5 Å². The van der Waals surface area contributed by atoms with E-state index in [1.807, 2.05) is 24.3 Å². The van der Waals surface area contributed by atoms with Crippen LogP contribution in [0.2, 0.25) is 5.02 Å². The molecule has 0 aliphatic heterocycles. The van der Waals surface area contributed by atoms with Gasteiger partial charge in [-0.3, -0.25) is 14.7 Å². The summed E-state index contributed by atoms with van der Waals surface area (Å²) in [4.78, 5) is 23.1. The molecule has 2 unspecified atom stereocenters. The number of H-pyrrole nitrogens is 1. The van der Waals surface area contributed by atoms with Crippen LogP contribution in [0.4, 0.5) is 8.78 Å². The Labute approximate surface area is 217 Å². The summed E-state index contributed by atoms with van der Waals surface area (Å²) in [7, 11) is 0. The van der Waals surface area contributed by atoms with Gasteiger partial charge in [0.25, 0.3) is 5.91 Å². The van der Waals surface area contributed by atoms with Gasteiger partial charge >= 0.3 is 5.97 Å². The van der Waals surface area contributed by atoms with E-state index in [1.54, 1.807) is 24.3 Å². The second-order valence-corrected chi connectivity index (χ2v) is 9.30. The van der Waals surface area contributed by atoms with E-state index >= 15 is 0 Å².